The number of likely N-dealkylation sites (tertiary alicyclic amines) is 1. The third-order valence-corrected chi connectivity index (χ3v) is 2.45. The van der Waals surface area contributed by atoms with Crippen molar-refractivity contribution in [3.05, 3.63) is 0 Å². The second kappa shape index (κ2) is 5.38. The zero-order valence-electron chi connectivity index (χ0n) is 9.01. The summed E-state index contributed by atoms with van der Waals surface area (Å²) >= 11 is 0. The molecule has 1 N–H and O–H groups in total. The molecule has 16 heavy (non-hydrogen) atoms. The molecule has 0 aromatic carbocycles. The summed E-state index contributed by atoms with van der Waals surface area (Å²) in [5, 5.41) is 2.40. The standard InChI is InChI=1S/C9H15F3N2O2/c1-16-8(15)14-4-2-3-7(5-14)13-6-9(10,11)12/h7,13H,2-6H2,1H3. The van der Waals surface area contributed by atoms with Gasteiger partial charge in [-0.3, -0.25) is 0 Å². The fourth-order valence-corrected chi connectivity index (χ4v) is 1.70. The molecule has 1 heterocycles. The van der Waals surface area contributed by atoms with Crippen LogP contribution < -0.4 is 5.32 Å². The van der Waals surface area contributed by atoms with Crippen molar-refractivity contribution in [1.82, 2.24) is 10.2 Å². The smallest absolute Gasteiger partial charge is 0.409 e. The van der Waals surface area contributed by atoms with E-state index in [1.54, 1.807) is 0 Å². The predicted molar refractivity (Wildman–Crippen MR) is 51.1 cm³/mol. The zero-order valence-corrected chi connectivity index (χ0v) is 9.01. The molecule has 1 fully saturated rings. The first kappa shape index (κ1) is 13.1. The number of amides is 1. The molecule has 0 radical (unpaired) electrons. The van der Waals surface area contributed by atoms with Crippen molar-refractivity contribution < 1.29 is 22.7 Å². The van der Waals surface area contributed by atoms with E-state index in [0.29, 0.717) is 19.4 Å². The van der Waals surface area contributed by atoms with Crippen molar-refractivity contribution in [3.8, 4) is 0 Å². The molecule has 7 heteroatoms. The van der Waals surface area contributed by atoms with E-state index in [9.17, 15) is 18.0 Å². The first-order valence-corrected chi connectivity index (χ1v) is 5.05. The van der Waals surface area contributed by atoms with E-state index < -0.39 is 18.8 Å². The number of ether oxygens (including phenoxy) is 1. The normalized spacial score (nSPS) is 22.0. The largest absolute Gasteiger partial charge is 0.453 e. The van der Waals surface area contributed by atoms with Crippen LogP contribution in [0.15, 0.2) is 0 Å². The summed E-state index contributed by atoms with van der Waals surface area (Å²) in [5.74, 6) is 0. The number of methoxy groups -OCH3 is 1. The monoisotopic (exact) mass is 240 g/mol. The number of hydrogen-bond acceptors (Lipinski definition) is 3. The first-order chi connectivity index (χ1) is 7.42. The van der Waals surface area contributed by atoms with Crippen LogP contribution in [0, 0.1) is 0 Å². The second-order valence-corrected chi connectivity index (χ2v) is 3.75. The number of rotatable bonds is 2. The van der Waals surface area contributed by atoms with E-state index >= 15 is 0 Å². The average Bonchev–Trinajstić information content (AvgIpc) is 2.25. The molecular weight excluding hydrogens is 225 g/mol. The van der Waals surface area contributed by atoms with Crippen LogP contribution in [0.2, 0.25) is 0 Å². The quantitative estimate of drug-likeness (QED) is 0.792. The molecule has 0 bridgehead atoms. The van der Waals surface area contributed by atoms with Crippen molar-refractivity contribution in [2.24, 2.45) is 0 Å². The van der Waals surface area contributed by atoms with Crippen LogP contribution in [0.3, 0.4) is 0 Å². The highest BCUT2D eigenvalue weighted by Crippen LogP contribution is 2.15. The van der Waals surface area contributed by atoms with Crippen LogP contribution >= 0.6 is 0 Å². The number of nitrogens with one attached hydrogen (secondary N) is 1. The van der Waals surface area contributed by atoms with Crippen LogP contribution in [0.1, 0.15) is 12.8 Å². The Labute approximate surface area is 91.7 Å². The van der Waals surface area contributed by atoms with Gasteiger partial charge in [-0.15, -0.1) is 0 Å². The Balaban J connectivity index is 2.36. The molecular formula is C9H15F3N2O2. The van der Waals surface area contributed by atoms with Crippen molar-refractivity contribution in [2.75, 3.05) is 26.7 Å². The molecule has 1 atom stereocenters. The number of nitrogens with zero attached hydrogens (tertiary/aromatic N) is 1. The molecule has 4 nitrogen and oxygen atoms in total. The summed E-state index contributed by atoms with van der Waals surface area (Å²) in [6.45, 7) is -0.216. The van der Waals surface area contributed by atoms with E-state index in [0.717, 1.165) is 0 Å². The lowest BCUT2D eigenvalue weighted by molar-refractivity contribution is -0.126. The van der Waals surface area contributed by atoms with Gasteiger partial charge in [-0.25, -0.2) is 4.79 Å². The Bertz CT molecular complexity index is 245. The molecule has 0 spiro atoms. The van der Waals surface area contributed by atoms with Crippen molar-refractivity contribution in [1.29, 1.82) is 0 Å². The van der Waals surface area contributed by atoms with Gasteiger partial charge in [0.1, 0.15) is 0 Å². The maximum atomic E-state index is 12.0. The molecule has 0 aromatic rings. The van der Waals surface area contributed by atoms with E-state index in [2.05, 4.69) is 10.1 Å². The van der Waals surface area contributed by atoms with Gasteiger partial charge in [0.15, 0.2) is 0 Å². The van der Waals surface area contributed by atoms with Crippen molar-refractivity contribution in [3.63, 3.8) is 0 Å². The summed E-state index contributed by atoms with van der Waals surface area (Å²) in [6.07, 6.45) is -3.37. The highest BCUT2D eigenvalue weighted by molar-refractivity contribution is 5.67. The number of halogens is 3. The molecule has 94 valence electrons. The maximum Gasteiger partial charge on any atom is 0.409 e. The Hall–Kier alpha value is -0.980. The van der Waals surface area contributed by atoms with Crippen LogP contribution in [-0.4, -0.2) is 50.0 Å². The molecule has 0 aromatic heterocycles. The Morgan fingerprint density at radius 3 is 2.81 bits per heavy atom. The van der Waals surface area contributed by atoms with E-state index in [1.165, 1.54) is 12.0 Å². The molecule has 1 saturated heterocycles. The molecule has 1 aliphatic rings. The van der Waals surface area contributed by atoms with Crippen LogP contribution in [0.5, 0.6) is 0 Å². The highest BCUT2D eigenvalue weighted by Gasteiger charge is 2.30. The molecule has 1 unspecified atom stereocenters. The third-order valence-electron chi connectivity index (χ3n) is 2.45. The molecule has 1 aliphatic heterocycles. The number of hydrogen-bond donors (Lipinski definition) is 1. The molecule has 1 rings (SSSR count). The van der Waals surface area contributed by atoms with Gasteiger partial charge in [0.2, 0.25) is 0 Å². The number of carbonyl (C=O) groups is 1. The molecule has 0 saturated carbocycles. The average molecular weight is 240 g/mol. The lowest BCUT2D eigenvalue weighted by Gasteiger charge is -2.32. The van der Waals surface area contributed by atoms with Crippen molar-refractivity contribution >= 4 is 6.09 Å². The fourth-order valence-electron chi connectivity index (χ4n) is 1.70. The SMILES string of the molecule is COC(=O)N1CCCC(NCC(F)(F)F)C1. The minimum Gasteiger partial charge on any atom is -0.453 e. The summed E-state index contributed by atoms with van der Waals surface area (Å²) in [4.78, 5) is 12.6. The van der Waals surface area contributed by atoms with Gasteiger partial charge in [0.25, 0.3) is 0 Å². The molecule has 1 amide bonds. The highest BCUT2D eigenvalue weighted by atomic mass is 19.4. The Morgan fingerprint density at radius 2 is 2.25 bits per heavy atom. The second-order valence-electron chi connectivity index (χ2n) is 3.75. The van der Waals surface area contributed by atoms with Crippen LogP contribution in [0.25, 0.3) is 0 Å². The summed E-state index contributed by atoms with van der Waals surface area (Å²) in [7, 11) is 1.26. The van der Waals surface area contributed by atoms with Gasteiger partial charge in [-0.05, 0) is 12.8 Å². The third kappa shape index (κ3) is 4.26. The number of carbonyl (C=O) groups excluding carboxylic acids is 1. The van der Waals surface area contributed by atoms with Gasteiger partial charge in [-0.1, -0.05) is 0 Å². The summed E-state index contributed by atoms with van der Waals surface area (Å²) in [5.41, 5.74) is 0. The fraction of sp³-hybridized carbons (Fsp3) is 0.889. The van der Waals surface area contributed by atoms with Crippen LogP contribution in [-0.2, 0) is 4.74 Å². The minimum absolute atomic E-state index is 0.267. The summed E-state index contributed by atoms with van der Waals surface area (Å²) in [6, 6.07) is -0.311. The predicted octanol–water partition coefficient (Wildman–Crippen LogP) is 1.37. The first-order valence-electron chi connectivity index (χ1n) is 5.05. The van der Waals surface area contributed by atoms with Gasteiger partial charge in [0.05, 0.1) is 13.7 Å². The van der Waals surface area contributed by atoms with E-state index in [-0.39, 0.29) is 12.6 Å². The van der Waals surface area contributed by atoms with Gasteiger partial charge >= 0.3 is 12.3 Å². The van der Waals surface area contributed by atoms with Gasteiger partial charge in [-0.2, -0.15) is 13.2 Å². The maximum absolute atomic E-state index is 12.0. The zero-order chi connectivity index (χ0) is 12.2. The Morgan fingerprint density at radius 1 is 1.56 bits per heavy atom. The van der Waals surface area contributed by atoms with Crippen LogP contribution in [0.4, 0.5) is 18.0 Å². The van der Waals surface area contributed by atoms with E-state index in [1.807, 2.05) is 0 Å². The van der Waals surface area contributed by atoms with Crippen molar-refractivity contribution in [2.45, 2.75) is 25.1 Å². The lowest BCUT2D eigenvalue weighted by atomic mass is 10.1. The Kier molecular flexibility index (Phi) is 4.40. The van der Waals surface area contributed by atoms with Gasteiger partial charge < -0.3 is 15.0 Å². The molecule has 0 aliphatic carbocycles. The number of alkyl halides is 3. The van der Waals surface area contributed by atoms with E-state index in [4.69, 9.17) is 0 Å². The number of piperidine rings is 1. The van der Waals surface area contributed by atoms with Gasteiger partial charge in [0, 0.05) is 19.1 Å². The lowest BCUT2D eigenvalue weighted by Crippen LogP contribution is -2.49. The topological polar surface area (TPSA) is 41.6 Å². The summed E-state index contributed by atoms with van der Waals surface area (Å²) < 4.78 is 40.4. The minimum atomic E-state index is -4.21.